The third-order valence-corrected chi connectivity index (χ3v) is 2.64. The molecule has 0 aromatic carbocycles. The second-order valence-corrected chi connectivity index (χ2v) is 3.92. The van der Waals surface area contributed by atoms with Gasteiger partial charge in [-0.2, -0.15) is 0 Å². The van der Waals surface area contributed by atoms with Crippen LogP contribution in [0.4, 0.5) is 8.78 Å². The largest absolute Gasteiger partial charge is 0.356 e. The number of hydrogen-bond acceptors (Lipinski definition) is 1. The van der Waals surface area contributed by atoms with Gasteiger partial charge in [-0.15, -0.1) is 0 Å². The van der Waals surface area contributed by atoms with Gasteiger partial charge in [-0.05, 0) is 19.3 Å². The zero-order valence-electron chi connectivity index (χ0n) is 8.48. The van der Waals surface area contributed by atoms with Crippen LogP contribution in [0.2, 0.25) is 0 Å². The van der Waals surface area contributed by atoms with Crippen molar-refractivity contribution in [3.8, 4) is 0 Å². The van der Waals surface area contributed by atoms with E-state index in [0.717, 1.165) is 6.42 Å². The molecule has 0 unspecified atom stereocenters. The van der Waals surface area contributed by atoms with Crippen LogP contribution >= 0.6 is 0 Å². The zero-order chi connectivity index (χ0) is 10.6. The molecule has 0 saturated heterocycles. The maximum atomic E-state index is 12.8. The smallest absolute Gasteiger partial charge is 0.248 e. The molecule has 1 fully saturated rings. The lowest BCUT2D eigenvalue weighted by Gasteiger charge is -2.27. The summed E-state index contributed by atoms with van der Waals surface area (Å²) in [5.41, 5.74) is 0. The molecule has 1 N–H and O–H groups in total. The van der Waals surface area contributed by atoms with Gasteiger partial charge in [0, 0.05) is 25.3 Å². The summed E-state index contributed by atoms with van der Waals surface area (Å²) in [4.78, 5) is 11.4. The van der Waals surface area contributed by atoms with Crippen molar-refractivity contribution in [2.24, 2.45) is 5.92 Å². The topological polar surface area (TPSA) is 29.1 Å². The lowest BCUT2D eigenvalue weighted by molar-refractivity contribution is -0.129. The van der Waals surface area contributed by atoms with E-state index in [2.05, 4.69) is 5.32 Å². The Morgan fingerprint density at radius 2 is 2.00 bits per heavy atom. The molecule has 0 radical (unpaired) electrons. The van der Waals surface area contributed by atoms with E-state index in [9.17, 15) is 13.6 Å². The van der Waals surface area contributed by atoms with E-state index in [1.54, 1.807) is 0 Å². The summed E-state index contributed by atoms with van der Waals surface area (Å²) in [6.45, 7) is 2.61. The Bertz CT molecular complexity index is 196. The molecule has 0 spiro atoms. The number of amides is 1. The molecule has 0 aromatic heterocycles. The van der Waals surface area contributed by atoms with Crippen molar-refractivity contribution < 1.29 is 13.6 Å². The van der Waals surface area contributed by atoms with Crippen molar-refractivity contribution in [2.45, 2.75) is 45.0 Å². The SMILES string of the molecule is CCCNC(=O)C1CCC(F)(F)CC1. The van der Waals surface area contributed by atoms with Crippen LogP contribution in [-0.4, -0.2) is 18.4 Å². The number of alkyl halides is 2. The number of halogens is 2. The molecule has 0 aromatic rings. The summed E-state index contributed by atoms with van der Waals surface area (Å²) >= 11 is 0. The molecule has 82 valence electrons. The molecule has 0 atom stereocenters. The van der Waals surface area contributed by atoms with Crippen molar-refractivity contribution in [3.63, 3.8) is 0 Å². The Hall–Kier alpha value is -0.670. The minimum Gasteiger partial charge on any atom is -0.356 e. The number of rotatable bonds is 3. The molecule has 1 aliphatic carbocycles. The maximum absolute atomic E-state index is 12.8. The van der Waals surface area contributed by atoms with Crippen LogP contribution in [0.3, 0.4) is 0 Å². The number of nitrogens with one attached hydrogen (secondary N) is 1. The van der Waals surface area contributed by atoms with Crippen molar-refractivity contribution >= 4 is 5.91 Å². The highest BCUT2D eigenvalue weighted by molar-refractivity contribution is 5.78. The summed E-state index contributed by atoms with van der Waals surface area (Å²) < 4.78 is 25.5. The molecular weight excluding hydrogens is 188 g/mol. The normalized spacial score (nSPS) is 21.9. The maximum Gasteiger partial charge on any atom is 0.248 e. The second kappa shape index (κ2) is 4.71. The van der Waals surface area contributed by atoms with E-state index in [0.29, 0.717) is 19.4 Å². The first-order valence-corrected chi connectivity index (χ1v) is 5.21. The summed E-state index contributed by atoms with van der Waals surface area (Å²) in [5, 5.41) is 2.75. The Morgan fingerprint density at radius 1 is 1.43 bits per heavy atom. The van der Waals surface area contributed by atoms with Gasteiger partial charge in [-0.3, -0.25) is 4.79 Å². The van der Waals surface area contributed by atoms with E-state index in [-0.39, 0.29) is 24.7 Å². The van der Waals surface area contributed by atoms with E-state index < -0.39 is 5.92 Å². The number of carbonyl (C=O) groups excluding carboxylic acids is 1. The Kier molecular flexibility index (Phi) is 3.84. The molecule has 1 aliphatic rings. The standard InChI is InChI=1S/C10H17F2NO/c1-2-7-13-9(14)8-3-5-10(11,12)6-4-8/h8H,2-7H2,1H3,(H,13,14). The van der Waals surface area contributed by atoms with Crippen molar-refractivity contribution in [1.82, 2.24) is 5.32 Å². The van der Waals surface area contributed by atoms with Gasteiger partial charge in [0.2, 0.25) is 11.8 Å². The van der Waals surface area contributed by atoms with E-state index >= 15 is 0 Å². The van der Waals surface area contributed by atoms with Gasteiger partial charge in [0.25, 0.3) is 0 Å². The second-order valence-electron chi connectivity index (χ2n) is 3.92. The van der Waals surface area contributed by atoms with Gasteiger partial charge in [-0.1, -0.05) is 6.92 Å². The highest BCUT2D eigenvalue weighted by atomic mass is 19.3. The lowest BCUT2D eigenvalue weighted by atomic mass is 9.86. The first kappa shape index (κ1) is 11.4. The monoisotopic (exact) mass is 205 g/mol. The van der Waals surface area contributed by atoms with E-state index in [1.807, 2.05) is 6.92 Å². The summed E-state index contributed by atoms with van der Waals surface area (Å²) in [7, 11) is 0. The summed E-state index contributed by atoms with van der Waals surface area (Å²) in [6.07, 6.45) is 1.24. The third-order valence-electron chi connectivity index (χ3n) is 2.64. The molecular formula is C10H17F2NO. The molecule has 0 heterocycles. The average Bonchev–Trinajstić information content (AvgIpc) is 2.14. The molecule has 14 heavy (non-hydrogen) atoms. The molecule has 2 nitrogen and oxygen atoms in total. The summed E-state index contributed by atoms with van der Waals surface area (Å²) in [6, 6.07) is 0. The molecule has 0 aliphatic heterocycles. The summed E-state index contributed by atoms with van der Waals surface area (Å²) in [5.74, 6) is -2.79. The number of carbonyl (C=O) groups is 1. The Labute approximate surface area is 83.1 Å². The van der Waals surface area contributed by atoms with E-state index in [1.165, 1.54) is 0 Å². The average molecular weight is 205 g/mol. The quantitative estimate of drug-likeness (QED) is 0.752. The highest BCUT2D eigenvalue weighted by Crippen LogP contribution is 2.36. The van der Waals surface area contributed by atoms with Gasteiger partial charge >= 0.3 is 0 Å². The van der Waals surface area contributed by atoms with Gasteiger partial charge in [-0.25, -0.2) is 8.78 Å². The fraction of sp³-hybridized carbons (Fsp3) is 0.900. The third kappa shape index (κ3) is 3.24. The van der Waals surface area contributed by atoms with Crippen LogP contribution < -0.4 is 5.32 Å². The van der Waals surface area contributed by atoms with Crippen molar-refractivity contribution in [3.05, 3.63) is 0 Å². The van der Waals surface area contributed by atoms with Crippen LogP contribution in [0.25, 0.3) is 0 Å². The predicted octanol–water partition coefficient (Wildman–Crippen LogP) is 2.34. The van der Waals surface area contributed by atoms with Gasteiger partial charge in [0.15, 0.2) is 0 Å². The minimum atomic E-state index is -2.54. The van der Waals surface area contributed by atoms with Gasteiger partial charge in [0.05, 0.1) is 0 Å². The zero-order valence-corrected chi connectivity index (χ0v) is 8.48. The van der Waals surface area contributed by atoms with Crippen LogP contribution in [0.5, 0.6) is 0 Å². The minimum absolute atomic E-state index is 0.0534. The Balaban J connectivity index is 2.30. The van der Waals surface area contributed by atoms with E-state index in [4.69, 9.17) is 0 Å². The lowest BCUT2D eigenvalue weighted by Crippen LogP contribution is -2.36. The van der Waals surface area contributed by atoms with Crippen LogP contribution in [0.15, 0.2) is 0 Å². The molecule has 1 amide bonds. The van der Waals surface area contributed by atoms with Crippen molar-refractivity contribution in [2.75, 3.05) is 6.54 Å². The molecule has 0 bridgehead atoms. The first-order valence-electron chi connectivity index (χ1n) is 5.21. The van der Waals surface area contributed by atoms with Crippen LogP contribution in [-0.2, 0) is 4.79 Å². The first-order chi connectivity index (χ1) is 6.55. The van der Waals surface area contributed by atoms with Gasteiger partial charge < -0.3 is 5.32 Å². The van der Waals surface area contributed by atoms with Crippen molar-refractivity contribution in [1.29, 1.82) is 0 Å². The Morgan fingerprint density at radius 3 is 2.50 bits per heavy atom. The molecule has 1 rings (SSSR count). The predicted molar refractivity (Wildman–Crippen MR) is 50.2 cm³/mol. The fourth-order valence-electron chi connectivity index (χ4n) is 1.69. The highest BCUT2D eigenvalue weighted by Gasteiger charge is 2.37. The van der Waals surface area contributed by atoms with Crippen LogP contribution in [0, 0.1) is 5.92 Å². The number of hydrogen-bond donors (Lipinski definition) is 1. The van der Waals surface area contributed by atoms with Crippen LogP contribution in [0.1, 0.15) is 39.0 Å². The molecule has 4 heteroatoms. The fourth-order valence-corrected chi connectivity index (χ4v) is 1.69. The van der Waals surface area contributed by atoms with Gasteiger partial charge in [0.1, 0.15) is 0 Å². The molecule has 1 saturated carbocycles.